The summed E-state index contributed by atoms with van der Waals surface area (Å²) in [6, 6.07) is 20.8. The number of likely N-dealkylation sites (tertiary alicyclic amines) is 1. The molecule has 1 heterocycles. The molecule has 8 heteroatoms. The van der Waals surface area contributed by atoms with Crippen molar-refractivity contribution in [3.8, 4) is 0 Å². The molecule has 2 atom stereocenters. The first-order chi connectivity index (χ1) is 17.7. The van der Waals surface area contributed by atoms with E-state index in [0.29, 0.717) is 19.4 Å². The van der Waals surface area contributed by atoms with E-state index in [2.05, 4.69) is 14.9 Å². The largest absolute Gasteiger partial charge is 0.345 e. The van der Waals surface area contributed by atoms with Crippen LogP contribution in [0.1, 0.15) is 38.7 Å². The zero-order valence-electron chi connectivity index (χ0n) is 21.4. The van der Waals surface area contributed by atoms with Gasteiger partial charge in [0, 0.05) is 6.54 Å². The van der Waals surface area contributed by atoms with Gasteiger partial charge in [-0.25, -0.2) is 8.42 Å². The van der Waals surface area contributed by atoms with Crippen molar-refractivity contribution in [2.45, 2.75) is 56.6 Å². The van der Waals surface area contributed by atoms with E-state index in [4.69, 9.17) is 0 Å². The van der Waals surface area contributed by atoms with Gasteiger partial charge >= 0.3 is 0 Å². The summed E-state index contributed by atoms with van der Waals surface area (Å²) < 4.78 is 29.1. The maximum absolute atomic E-state index is 13.3. The minimum Gasteiger partial charge on any atom is -0.345 e. The van der Waals surface area contributed by atoms with E-state index in [1.54, 1.807) is 18.2 Å². The van der Waals surface area contributed by atoms with Crippen LogP contribution >= 0.6 is 0 Å². The zero-order valence-corrected chi connectivity index (χ0v) is 22.2. The average Bonchev–Trinajstić information content (AvgIpc) is 3.04. The lowest BCUT2D eigenvalue weighted by molar-refractivity contribution is -0.129. The number of sulfonamides is 1. The number of Topliss-reactive ketones (excluding diaryl/α,β-unsaturated/α-hetero) is 1. The third kappa shape index (κ3) is 7.25. The Hall–Kier alpha value is -3.07. The Balaban J connectivity index is 1.44. The van der Waals surface area contributed by atoms with Crippen LogP contribution in [0.2, 0.25) is 0 Å². The Morgan fingerprint density at radius 3 is 2.43 bits per heavy atom. The van der Waals surface area contributed by atoms with Gasteiger partial charge in [-0.1, -0.05) is 74.5 Å². The van der Waals surface area contributed by atoms with Gasteiger partial charge in [-0.05, 0) is 60.2 Å². The summed E-state index contributed by atoms with van der Waals surface area (Å²) in [5.74, 6) is -0.448. The fourth-order valence-corrected chi connectivity index (χ4v) is 6.00. The molecule has 0 bridgehead atoms. The molecule has 3 aromatic rings. The predicted octanol–water partition coefficient (Wildman–Crippen LogP) is 3.88. The summed E-state index contributed by atoms with van der Waals surface area (Å²) in [7, 11) is -3.95. The number of benzene rings is 3. The van der Waals surface area contributed by atoms with E-state index in [1.165, 1.54) is 0 Å². The van der Waals surface area contributed by atoms with Crippen LogP contribution < -0.4 is 10.0 Å². The van der Waals surface area contributed by atoms with Gasteiger partial charge in [0.05, 0.1) is 17.5 Å². The van der Waals surface area contributed by atoms with Crippen molar-refractivity contribution in [3.05, 3.63) is 78.4 Å². The molecule has 0 aliphatic carbocycles. The van der Waals surface area contributed by atoms with Crippen LogP contribution in [0.15, 0.2) is 77.7 Å². The molecule has 3 aromatic carbocycles. The van der Waals surface area contributed by atoms with Crippen molar-refractivity contribution >= 4 is 32.5 Å². The van der Waals surface area contributed by atoms with Gasteiger partial charge in [0.25, 0.3) is 0 Å². The molecule has 2 unspecified atom stereocenters. The number of fused-ring (bicyclic) bond motifs is 1. The molecule has 1 fully saturated rings. The molecule has 1 amide bonds. The standard InChI is InChI=1S/C29H35N3O4S/c1-21(2)17-27(31-37(35,36)25-15-14-23-11-6-7-12-24(23)18-25)29(34)30-26-13-8-16-32(20-28(26)33)19-22-9-4-3-5-10-22/h3-7,9-12,14-15,18,21,26-27,31H,8,13,16-17,19-20H2,1-2H3,(H,30,34). The second kappa shape index (κ2) is 12.0. The summed E-state index contributed by atoms with van der Waals surface area (Å²) in [4.78, 5) is 28.5. The third-order valence-electron chi connectivity index (χ3n) is 6.65. The second-order valence-electron chi connectivity index (χ2n) is 10.2. The Morgan fingerprint density at radius 1 is 1.00 bits per heavy atom. The molecule has 0 radical (unpaired) electrons. The molecule has 1 saturated heterocycles. The average molecular weight is 522 g/mol. The summed E-state index contributed by atoms with van der Waals surface area (Å²) in [6.45, 7) is 5.55. The van der Waals surface area contributed by atoms with Crippen molar-refractivity contribution in [1.82, 2.24) is 14.9 Å². The Bertz CT molecular complexity index is 1340. The number of rotatable bonds is 9. The number of nitrogens with zero attached hydrogens (tertiary/aromatic N) is 1. The molecule has 1 aliphatic rings. The van der Waals surface area contributed by atoms with Crippen molar-refractivity contribution in [1.29, 1.82) is 0 Å². The second-order valence-corrected chi connectivity index (χ2v) is 11.9. The molecule has 7 nitrogen and oxygen atoms in total. The Labute approximate surface area is 219 Å². The maximum atomic E-state index is 13.3. The van der Waals surface area contributed by atoms with E-state index in [9.17, 15) is 18.0 Å². The van der Waals surface area contributed by atoms with Crippen LogP contribution in [0.5, 0.6) is 0 Å². The van der Waals surface area contributed by atoms with Crippen molar-refractivity contribution < 1.29 is 18.0 Å². The minimum atomic E-state index is -3.95. The number of hydrogen-bond donors (Lipinski definition) is 2. The van der Waals surface area contributed by atoms with Gasteiger partial charge in [-0.3, -0.25) is 14.5 Å². The number of amides is 1. The molecule has 196 valence electrons. The van der Waals surface area contributed by atoms with Crippen molar-refractivity contribution in [2.24, 2.45) is 5.92 Å². The van der Waals surface area contributed by atoms with Crippen LogP contribution in [0.4, 0.5) is 0 Å². The highest BCUT2D eigenvalue weighted by molar-refractivity contribution is 7.89. The summed E-state index contributed by atoms with van der Waals surface area (Å²) in [5.41, 5.74) is 1.14. The van der Waals surface area contributed by atoms with Crippen LogP contribution in [-0.2, 0) is 26.2 Å². The van der Waals surface area contributed by atoms with E-state index in [1.807, 2.05) is 68.4 Å². The quantitative estimate of drug-likeness (QED) is 0.446. The highest BCUT2D eigenvalue weighted by Crippen LogP contribution is 2.20. The molecule has 1 aliphatic heterocycles. The Morgan fingerprint density at radius 2 is 1.70 bits per heavy atom. The zero-order chi connectivity index (χ0) is 26.4. The first kappa shape index (κ1) is 27.0. The lowest BCUT2D eigenvalue weighted by atomic mass is 10.0. The van der Waals surface area contributed by atoms with Crippen molar-refractivity contribution in [3.63, 3.8) is 0 Å². The van der Waals surface area contributed by atoms with E-state index in [0.717, 1.165) is 29.3 Å². The SMILES string of the molecule is CC(C)CC(NS(=O)(=O)c1ccc2ccccc2c1)C(=O)NC1CCCN(Cc2ccccc2)CC1=O. The number of carbonyl (C=O) groups is 2. The monoisotopic (exact) mass is 521 g/mol. The molecule has 37 heavy (non-hydrogen) atoms. The number of carbonyl (C=O) groups excluding carboxylic acids is 2. The minimum absolute atomic E-state index is 0.0533. The summed E-state index contributed by atoms with van der Waals surface area (Å²) in [5, 5.41) is 4.60. The van der Waals surface area contributed by atoms with Crippen molar-refractivity contribution in [2.75, 3.05) is 13.1 Å². The molecule has 0 spiro atoms. The van der Waals surface area contributed by atoms with E-state index < -0.39 is 28.0 Å². The lowest BCUT2D eigenvalue weighted by Crippen LogP contribution is -2.52. The highest BCUT2D eigenvalue weighted by Gasteiger charge is 2.31. The van der Waals surface area contributed by atoms with Gasteiger partial charge in [-0.15, -0.1) is 0 Å². The Kier molecular flexibility index (Phi) is 8.74. The molecule has 0 aromatic heterocycles. The first-order valence-electron chi connectivity index (χ1n) is 12.8. The number of nitrogens with one attached hydrogen (secondary N) is 2. The van der Waals surface area contributed by atoms with Crippen LogP contribution in [-0.4, -0.2) is 50.2 Å². The predicted molar refractivity (Wildman–Crippen MR) is 145 cm³/mol. The number of hydrogen-bond acceptors (Lipinski definition) is 5. The number of ketones is 1. The fraction of sp³-hybridized carbons (Fsp3) is 0.379. The normalized spacial score (nSPS) is 18.0. The van der Waals surface area contributed by atoms with Crippen LogP contribution in [0, 0.1) is 5.92 Å². The fourth-order valence-electron chi connectivity index (χ4n) is 4.76. The first-order valence-corrected chi connectivity index (χ1v) is 14.3. The van der Waals surface area contributed by atoms with E-state index >= 15 is 0 Å². The molecular formula is C29H35N3O4S. The maximum Gasteiger partial charge on any atom is 0.241 e. The van der Waals surface area contributed by atoms with E-state index in [-0.39, 0.29) is 23.1 Å². The molecule has 0 saturated carbocycles. The topological polar surface area (TPSA) is 95.6 Å². The lowest BCUT2D eigenvalue weighted by Gasteiger charge is -2.23. The van der Waals surface area contributed by atoms with Gasteiger partial charge in [0.2, 0.25) is 15.9 Å². The molecule has 4 rings (SSSR count). The highest BCUT2D eigenvalue weighted by atomic mass is 32.2. The molecular weight excluding hydrogens is 486 g/mol. The van der Waals surface area contributed by atoms with Gasteiger partial charge in [0.15, 0.2) is 5.78 Å². The third-order valence-corrected chi connectivity index (χ3v) is 8.12. The van der Waals surface area contributed by atoms with Gasteiger partial charge in [-0.2, -0.15) is 4.72 Å². The van der Waals surface area contributed by atoms with Gasteiger partial charge in [0.1, 0.15) is 6.04 Å². The van der Waals surface area contributed by atoms with Crippen LogP contribution in [0.3, 0.4) is 0 Å². The summed E-state index contributed by atoms with van der Waals surface area (Å²) in [6.07, 6.45) is 1.61. The molecule has 2 N–H and O–H groups in total. The summed E-state index contributed by atoms with van der Waals surface area (Å²) >= 11 is 0. The van der Waals surface area contributed by atoms with Gasteiger partial charge < -0.3 is 5.32 Å². The smallest absolute Gasteiger partial charge is 0.241 e. The van der Waals surface area contributed by atoms with Crippen LogP contribution in [0.25, 0.3) is 10.8 Å².